The normalized spacial score (nSPS) is 10.7. The molecule has 0 aromatic heterocycles. The summed E-state index contributed by atoms with van der Waals surface area (Å²) in [7, 11) is 0. The summed E-state index contributed by atoms with van der Waals surface area (Å²) < 4.78 is 43.8. The Morgan fingerprint density at radius 3 is 2.68 bits per heavy atom. The molecule has 1 aromatic carbocycles. The molecule has 1 aromatic rings. The van der Waals surface area contributed by atoms with Gasteiger partial charge < -0.3 is 9.84 Å². The number of ether oxygens (including phenoxy) is 2. The Labute approximate surface area is 109 Å². The van der Waals surface area contributed by atoms with Gasteiger partial charge in [-0.3, -0.25) is 4.74 Å². The van der Waals surface area contributed by atoms with Gasteiger partial charge in [-0.05, 0) is 18.2 Å². The molecule has 0 bridgehead atoms. The van der Waals surface area contributed by atoms with Crippen LogP contribution in [-0.4, -0.2) is 31.3 Å². The van der Waals surface area contributed by atoms with E-state index in [1.54, 1.807) is 24.3 Å². The Hall–Kier alpha value is -1.71. The molecular weight excluding hydrogens is 261 g/mol. The van der Waals surface area contributed by atoms with Crippen molar-refractivity contribution in [3.05, 3.63) is 29.8 Å². The highest BCUT2D eigenvalue weighted by atomic mass is 19.4. The van der Waals surface area contributed by atoms with Crippen molar-refractivity contribution in [2.45, 2.75) is 12.8 Å². The molecule has 0 spiro atoms. The third-order valence-electron chi connectivity index (χ3n) is 1.92. The van der Waals surface area contributed by atoms with Gasteiger partial charge in [0.2, 0.25) is 0 Å². The van der Waals surface area contributed by atoms with Gasteiger partial charge in [-0.1, -0.05) is 17.9 Å². The predicted octanol–water partition coefficient (Wildman–Crippen LogP) is 2.34. The molecule has 0 aliphatic rings. The van der Waals surface area contributed by atoms with Crippen LogP contribution in [-0.2, 0) is 4.74 Å². The van der Waals surface area contributed by atoms with E-state index >= 15 is 0 Å². The lowest BCUT2D eigenvalue weighted by atomic mass is 10.2. The molecule has 3 nitrogen and oxygen atoms in total. The SMILES string of the molecule is OCCC#Cc1cccc(OCCOC(F)(F)F)c1. The van der Waals surface area contributed by atoms with Gasteiger partial charge in [0.25, 0.3) is 0 Å². The average molecular weight is 274 g/mol. The predicted molar refractivity (Wildman–Crippen MR) is 62.5 cm³/mol. The minimum Gasteiger partial charge on any atom is -0.491 e. The zero-order valence-electron chi connectivity index (χ0n) is 10.0. The summed E-state index contributed by atoms with van der Waals surface area (Å²) in [5, 5.41) is 8.57. The van der Waals surface area contributed by atoms with E-state index in [0.717, 1.165) is 0 Å². The lowest BCUT2D eigenvalue weighted by Crippen LogP contribution is -2.18. The van der Waals surface area contributed by atoms with E-state index < -0.39 is 13.0 Å². The number of hydrogen-bond donors (Lipinski definition) is 1. The smallest absolute Gasteiger partial charge is 0.491 e. The van der Waals surface area contributed by atoms with Crippen molar-refractivity contribution in [3.8, 4) is 17.6 Å². The molecule has 0 atom stereocenters. The standard InChI is InChI=1S/C13H13F3O3/c14-13(15,16)19-9-8-18-12-6-3-5-11(10-12)4-1-2-7-17/h3,5-6,10,17H,2,7-9H2. The Morgan fingerprint density at radius 1 is 1.21 bits per heavy atom. The van der Waals surface area contributed by atoms with Crippen molar-refractivity contribution in [2.75, 3.05) is 19.8 Å². The monoisotopic (exact) mass is 274 g/mol. The second-order valence-corrected chi connectivity index (χ2v) is 3.45. The Balaban J connectivity index is 2.43. The van der Waals surface area contributed by atoms with E-state index in [1.807, 2.05) is 0 Å². The Kier molecular flexibility index (Phi) is 6.19. The van der Waals surface area contributed by atoms with Gasteiger partial charge in [-0.25, -0.2) is 0 Å². The van der Waals surface area contributed by atoms with Gasteiger partial charge in [0, 0.05) is 12.0 Å². The first-order chi connectivity index (χ1) is 9.01. The van der Waals surface area contributed by atoms with Crippen LogP contribution in [0.1, 0.15) is 12.0 Å². The summed E-state index contributed by atoms with van der Waals surface area (Å²) in [6.45, 7) is -0.783. The number of benzene rings is 1. The van der Waals surface area contributed by atoms with Crippen LogP contribution in [0.4, 0.5) is 13.2 Å². The number of alkyl halides is 3. The summed E-state index contributed by atoms with van der Waals surface area (Å²) in [5.74, 6) is 5.95. The molecule has 0 aliphatic carbocycles. The molecule has 1 N–H and O–H groups in total. The van der Waals surface area contributed by atoms with Crippen LogP contribution in [0.25, 0.3) is 0 Å². The first-order valence-electron chi connectivity index (χ1n) is 5.54. The van der Waals surface area contributed by atoms with Crippen LogP contribution in [0, 0.1) is 11.8 Å². The van der Waals surface area contributed by atoms with E-state index in [4.69, 9.17) is 9.84 Å². The van der Waals surface area contributed by atoms with Crippen molar-refractivity contribution in [3.63, 3.8) is 0 Å². The third-order valence-corrected chi connectivity index (χ3v) is 1.92. The van der Waals surface area contributed by atoms with Crippen molar-refractivity contribution < 1.29 is 27.8 Å². The van der Waals surface area contributed by atoms with Crippen LogP contribution in [0.3, 0.4) is 0 Å². The molecule has 19 heavy (non-hydrogen) atoms. The van der Waals surface area contributed by atoms with Gasteiger partial charge in [0.05, 0.1) is 13.2 Å². The van der Waals surface area contributed by atoms with Crippen LogP contribution in [0.15, 0.2) is 24.3 Å². The molecule has 104 valence electrons. The summed E-state index contributed by atoms with van der Waals surface area (Å²) >= 11 is 0. The highest BCUT2D eigenvalue weighted by Gasteiger charge is 2.28. The van der Waals surface area contributed by atoms with Crippen LogP contribution in [0.5, 0.6) is 5.75 Å². The number of rotatable bonds is 5. The molecular formula is C13H13F3O3. The largest absolute Gasteiger partial charge is 0.522 e. The molecule has 0 aliphatic heterocycles. The first-order valence-corrected chi connectivity index (χ1v) is 5.54. The molecule has 6 heteroatoms. The number of aliphatic hydroxyl groups is 1. The molecule has 0 radical (unpaired) electrons. The number of halogens is 3. The zero-order valence-corrected chi connectivity index (χ0v) is 10.0. The van der Waals surface area contributed by atoms with E-state index in [2.05, 4.69) is 16.6 Å². The van der Waals surface area contributed by atoms with E-state index in [9.17, 15) is 13.2 Å². The third kappa shape index (κ3) is 7.34. The van der Waals surface area contributed by atoms with Gasteiger partial charge in [-0.15, -0.1) is 13.2 Å². The van der Waals surface area contributed by atoms with E-state index in [-0.39, 0.29) is 13.2 Å². The van der Waals surface area contributed by atoms with Gasteiger partial charge in [0.1, 0.15) is 12.4 Å². The number of hydrogen-bond acceptors (Lipinski definition) is 3. The Morgan fingerprint density at radius 2 is 2.00 bits per heavy atom. The summed E-state index contributed by atoms with van der Waals surface area (Å²) in [6.07, 6.45) is -4.27. The summed E-state index contributed by atoms with van der Waals surface area (Å²) in [6, 6.07) is 6.65. The maximum absolute atomic E-state index is 11.7. The molecule has 0 unspecified atom stereocenters. The molecule has 0 fully saturated rings. The molecule has 1 rings (SSSR count). The molecule has 0 saturated heterocycles. The van der Waals surface area contributed by atoms with Crippen molar-refractivity contribution in [1.82, 2.24) is 0 Å². The minimum atomic E-state index is -4.64. The Bertz CT molecular complexity index is 446. The lowest BCUT2D eigenvalue weighted by Gasteiger charge is -2.09. The first kappa shape index (κ1) is 15.3. The van der Waals surface area contributed by atoms with E-state index in [0.29, 0.717) is 17.7 Å². The van der Waals surface area contributed by atoms with Gasteiger partial charge in [0.15, 0.2) is 0 Å². The van der Waals surface area contributed by atoms with Crippen LogP contribution < -0.4 is 4.74 Å². The molecule has 0 amide bonds. The van der Waals surface area contributed by atoms with Crippen molar-refractivity contribution in [2.24, 2.45) is 0 Å². The maximum atomic E-state index is 11.7. The lowest BCUT2D eigenvalue weighted by molar-refractivity contribution is -0.325. The van der Waals surface area contributed by atoms with Crippen LogP contribution >= 0.6 is 0 Å². The number of aliphatic hydroxyl groups excluding tert-OH is 1. The summed E-state index contributed by atoms with van der Waals surface area (Å²) in [4.78, 5) is 0. The molecule has 0 heterocycles. The topological polar surface area (TPSA) is 38.7 Å². The van der Waals surface area contributed by atoms with Crippen molar-refractivity contribution in [1.29, 1.82) is 0 Å². The fourth-order valence-electron chi connectivity index (χ4n) is 1.20. The fourth-order valence-corrected chi connectivity index (χ4v) is 1.20. The molecule has 0 saturated carbocycles. The maximum Gasteiger partial charge on any atom is 0.522 e. The second-order valence-electron chi connectivity index (χ2n) is 3.45. The van der Waals surface area contributed by atoms with E-state index in [1.165, 1.54) is 0 Å². The minimum absolute atomic E-state index is 0.0159. The van der Waals surface area contributed by atoms with Crippen molar-refractivity contribution >= 4 is 0 Å². The van der Waals surface area contributed by atoms with Gasteiger partial charge in [-0.2, -0.15) is 0 Å². The fraction of sp³-hybridized carbons (Fsp3) is 0.385. The quantitative estimate of drug-likeness (QED) is 0.661. The van der Waals surface area contributed by atoms with Gasteiger partial charge >= 0.3 is 6.36 Å². The average Bonchev–Trinajstić information content (AvgIpc) is 2.35. The highest BCUT2D eigenvalue weighted by Crippen LogP contribution is 2.16. The highest BCUT2D eigenvalue weighted by molar-refractivity contribution is 5.39. The summed E-state index contributed by atoms with van der Waals surface area (Å²) in [5.41, 5.74) is 0.669. The van der Waals surface area contributed by atoms with Crippen LogP contribution in [0.2, 0.25) is 0 Å². The zero-order chi connectivity index (χ0) is 14.1. The second kappa shape index (κ2) is 7.67.